The Balaban J connectivity index is 1.37. The van der Waals surface area contributed by atoms with Crippen molar-refractivity contribution in [3.05, 3.63) is 144 Å². The van der Waals surface area contributed by atoms with Crippen LogP contribution in [0.15, 0.2) is 121 Å². The van der Waals surface area contributed by atoms with Crippen LogP contribution in [0.3, 0.4) is 0 Å². The molecule has 1 aliphatic rings. The molecule has 0 radical (unpaired) electrons. The summed E-state index contributed by atoms with van der Waals surface area (Å²) in [6.07, 6.45) is -2.31. The molecular weight excluding hydrogens is 488 g/mol. The highest BCUT2D eigenvalue weighted by Gasteiger charge is 2.47. The van der Waals surface area contributed by atoms with Crippen LogP contribution in [-0.4, -0.2) is 35.6 Å². The van der Waals surface area contributed by atoms with Gasteiger partial charge in [0.1, 0.15) is 18.3 Å². The molecule has 5 heteroatoms. The van der Waals surface area contributed by atoms with Gasteiger partial charge in [0.2, 0.25) is 0 Å². The van der Waals surface area contributed by atoms with E-state index in [4.69, 9.17) is 18.9 Å². The molecule has 0 aliphatic heterocycles. The maximum Gasteiger partial charge on any atom is 0.115 e. The van der Waals surface area contributed by atoms with Crippen molar-refractivity contribution in [2.24, 2.45) is 0 Å². The van der Waals surface area contributed by atoms with Crippen LogP contribution in [0.25, 0.3) is 0 Å². The average Bonchev–Trinajstić information content (AvgIpc) is 3.00. The number of rotatable bonds is 12. The third-order valence-corrected chi connectivity index (χ3v) is 7.06. The van der Waals surface area contributed by atoms with E-state index in [9.17, 15) is 5.11 Å². The Morgan fingerprint density at radius 3 is 1.18 bits per heavy atom. The van der Waals surface area contributed by atoms with E-state index in [2.05, 4.69) is 0 Å². The topological polar surface area (TPSA) is 57.2 Å². The number of aliphatic hydroxyl groups excluding tert-OH is 1. The van der Waals surface area contributed by atoms with Crippen LogP contribution in [0.1, 0.15) is 28.7 Å². The van der Waals surface area contributed by atoms with Crippen LogP contribution < -0.4 is 0 Å². The summed E-state index contributed by atoms with van der Waals surface area (Å²) in [5.41, 5.74) is 4.21. The van der Waals surface area contributed by atoms with Crippen molar-refractivity contribution in [3.63, 3.8) is 0 Å². The zero-order valence-corrected chi connectivity index (χ0v) is 22.0. The lowest BCUT2D eigenvalue weighted by Crippen LogP contribution is -2.59. The molecule has 1 aliphatic carbocycles. The number of aliphatic hydroxyl groups is 1. The average molecular weight is 525 g/mol. The zero-order valence-electron chi connectivity index (χ0n) is 22.0. The van der Waals surface area contributed by atoms with Crippen molar-refractivity contribution in [3.8, 4) is 0 Å². The molecule has 0 heterocycles. The molecule has 4 aromatic carbocycles. The highest BCUT2D eigenvalue weighted by molar-refractivity contribution is 5.16. The summed E-state index contributed by atoms with van der Waals surface area (Å²) in [5, 5.41) is 11.6. The van der Waals surface area contributed by atoms with Gasteiger partial charge in [-0.1, -0.05) is 121 Å². The van der Waals surface area contributed by atoms with Gasteiger partial charge in [-0.25, -0.2) is 0 Å². The molecule has 5 nitrogen and oxygen atoms in total. The number of hydrogen-bond acceptors (Lipinski definition) is 5. The molecule has 0 unspecified atom stereocenters. The van der Waals surface area contributed by atoms with E-state index in [0.717, 1.165) is 22.3 Å². The molecule has 0 aromatic heterocycles. The predicted molar refractivity (Wildman–Crippen MR) is 151 cm³/mol. The molecule has 5 atom stereocenters. The standard InChI is InChI=1S/C34H36O5/c35-32-30(36-22-26-13-5-1-6-14-26)21-31(37-23-27-15-7-2-8-16-27)33(38-24-28-17-9-3-10-18-28)34(32)39-25-29-19-11-4-12-20-29/h1-20,30-35H,21-25H2/t30-,31-,32-,33+,34+/m1/s1. The van der Waals surface area contributed by atoms with Crippen molar-refractivity contribution >= 4 is 0 Å². The molecule has 0 bridgehead atoms. The van der Waals surface area contributed by atoms with Gasteiger partial charge in [-0.3, -0.25) is 0 Å². The second-order valence-electron chi connectivity index (χ2n) is 9.92. The minimum atomic E-state index is -0.880. The molecule has 5 rings (SSSR count). The molecule has 1 fully saturated rings. The fraction of sp³-hybridized carbons (Fsp3) is 0.294. The first-order valence-corrected chi connectivity index (χ1v) is 13.6. The second-order valence-corrected chi connectivity index (χ2v) is 9.92. The van der Waals surface area contributed by atoms with E-state index in [1.807, 2.05) is 121 Å². The minimum absolute atomic E-state index is 0.334. The van der Waals surface area contributed by atoms with Gasteiger partial charge >= 0.3 is 0 Å². The number of hydrogen-bond donors (Lipinski definition) is 1. The third kappa shape index (κ3) is 7.85. The Kier molecular flexibility index (Phi) is 9.91. The Morgan fingerprint density at radius 2 is 0.769 bits per heavy atom. The van der Waals surface area contributed by atoms with Crippen molar-refractivity contribution in [2.75, 3.05) is 0 Å². The third-order valence-electron chi connectivity index (χ3n) is 7.06. The van der Waals surface area contributed by atoms with Crippen LogP contribution in [0.2, 0.25) is 0 Å². The molecule has 4 aromatic rings. The summed E-state index contributed by atoms with van der Waals surface area (Å²) in [5.74, 6) is 0. The van der Waals surface area contributed by atoms with E-state index < -0.39 is 24.4 Å². The summed E-state index contributed by atoms with van der Waals surface area (Å²) >= 11 is 0. The SMILES string of the molecule is O[C@H]1[C@H](OCc2ccccc2)[C@@H](OCc2ccccc2)[C@H](OCc2ccccc2)C[C@H]1OCc1ccccc1. The van der Waals surface area contributed by atoms with Crippen LogP contribution in [0.5, 0.6) is 0 Å². The van der Waals surface area contributed by atoms with E-state index in [0.29, 0.717) is 32.8 Å². The van der Waals surface area contributed by atoms with E-state index in [1.165, 1.54) is 0 Å². The van der Waals surface area contributed by atoms with Gasteiger partial charge in [-0.15, -0.1) is 0 Å². The maximum absolute atomic E-state index is 11.6. The number of benzene rings is 4. The Morgan fingerprint density at radius 1 is 0.436 bits per heavy atom. The van der Waals surface area contributed by atoms with Gasteiger partial charge in [0.05, 0.1) is 38.6 Å². The second kappa shape index (κ2) is 14.2. The van der Waals surface area contributed by atoms with E-state index in [-0.39, 0.29) is 6.10 Å². The zero-order chi connectivity index (χ0) is 26.7. The first-order chi connectivity index (χ1) is 19.3. The fourth-order valence-corrected chi connectivity index (χ4v) is 4.93. The van der Waals surface area contributed by atoms with Crippen LogP contribution >= 0.6 is 0 Å². The smallest absolute Gasteiger partial charge is 0.115 e. The van der Waals surface area contributed by atoms with Gasteiger partial charge in [0, 0.05) is 6.42 Å². The Hall–Kier alpha value is -3.32. The summed E-state index contributed by atoms with van der Waals surface area (Å²) < 4.78 is 25.7. The molecule has 0 spiro atoms. The summed E-state index contributed by atoms with van der Waals surface area (Å²) in [4.78, 5) is 0. The van der Waals surface area contributed by atoms with Gasteiger partial charge in [-0.2, -0.15) is 0 Å². The summed E-state index contributed by atoms with van der Waals surface area (Å²) in [6, 6.07) is 40.1. The van der Waals surface area contributed by atoms with Crippen molar-refractivity contribution in [2.45, 2.75) is 63.4 Å². The lowest BCUT2D eigenvalue weighted by atomic mass is 9.86. The van der Waals surface area contributed by atoms with Gasteiger partial charge in [0.25, 0.3) is 0 Å². The molecule has 202 valence electrons. The monoisotopic (exact) mass is 524 g/mol. The normalized spacial score (nSPS) is 22.9. The first-order valence-electron chi connectivity index (χ1n) is 13.6. The molecule has 1 saturated carbocycles. The van der Waals surface area contributed by atoms with Gasteiger partial charge in [-0.05, 0) is 22.3 Å². The van der Waals surface area contributed by atoms with Crippen molar-refractivity contribution in [1.82, 2.24) is 0 Å². The van der Waals surface area contributed by atoms with Gasteiger partial charge in [0.15, 0.2) is 0 Å². The van der Waals surface area contributed by atoms with Gasteiger partial charge < -0.3 is 24.1 Å². The maximum atomic E-state index is 11.6. The quantitative estimate of drug-likeness (QED) is 0.243. The molecule has 0 amide bonds. The molecule has 1 N–H and O–H groups in total. The van der Waals surface area contributed by atoms with E-state index >= 15 is 0 Å². The predicted octanol–water partition coefficient (Wildman–Crippen LogP) is 6.09. The lowest BCUT2D eigenvalue weighted by molar-refractivity contribution is -0.237. The van der Waals surface area contributed by atoms with E-state index in [1.54, 1.807) is 0 Å². The summed E-state index contributed by atoms with van der Waals surface area (Å²) in [6.45, 7) is 1.58. The van der Waals surface area contributed by atoms with Crippen LogP contribution in [-0.2, 0) is 45.4 Å². The van der Waals surface area contributed by atoms with Crippen LogP contribution in [0, 0.1) is 0 Å². The minimum Gasteiger partial charge on any atom is -0.388 e. The Labute approximate surface area is 230 Å². The Bertz CT molecular complexity index is 1220. The first kappa shape index (κ1) is 27.3. The highest BCUT2D eigenvalue weighted by atomic mass is 16.6. The molecular formula is C34H36O5. The molecule has 0 saturated heterocycles. The lowest BCUT2D eigenvalue weighted by Gasteiger charge is -2.44. The highest BCUT2D eigenvalue weighted by Crippen LogP contribution is 2.32. The number of ether oxygens (including phenoxy) is 4. The fourth-order valence-electron chi connectivity index (χ4n) is 4.93. The van der Waals surface area contributed by atoms with Crippen molar-refractivity contribution < 1.29 is 24.1 Å². The van der Waals surface area contributed by atoms with Crippen LogP contribution in [0.4, 0.5) is 0 Å². The summed E-state index contributed by atoms with van der Waals surface area (Å²) in [7, 11) is 0. The molecule has 39 heavy (non-hydrogen) atoms. The van der Waals surface area contributed by atoms with Crippen molar-refractivity contribution in [1.29, 1.82) is 0 Å². The largest absolute Gasteiger partial charge is 0.388 e.